The van der Waals surface area contributed by atoms with E-state index in [0.29, 0.717) is 40.9 Å². The molecule has 2 rings (SSSR count). The highest BCUT2D eigenvalue weighted by atomic mass is 35.5. The van der Waals surface area contributed by atoms with Gasteiger partial charge in [-0.05, 0) is 37.6 Å². The van der Waals surface area contributed by atoms with E-state index < -0.39 is 6.61 Å². The predicted octanol–water partition coefficient (Wildman–Crippen LogP) is 3.92. The summed E-state index contributed by atoms with van der Waals surface area (Å²) in [4.78, 5) is 11.9. The summed E-state index contributed by atoms with van der Waals surface area (Å²) in [6.45, 7) is -0.223. The zero-order valence-electron chi connectivity index (χ0n) is 12.7. The molecule has 1 aromatic heterocycles. The highest BCUT2D eigenvalue weighted by Crippen LogP contribution is 2.24. The second kappa shape index (κ2) is 8.30. The fraction of sp³-hybridized carbons (Fsp3) is 0.333. The first-order chi connectivity index (χ1) is 11.4. The molecule has 0 saturated carbocycles. The number of carbonyl (C=O) groups excluding carboxylic acids is 1. The van der Waals surface area contributed by atoms with E-state index in [4.69, 9.17) is 23.2 Å². The Morgan fingerprint density at radius 1 is 1.33 bits per heavy atom. The van der Waals surface area contributed by atoms with E-state index in [2.05, 4.69) is 15.2 Å². The number of nitrogens with zero attached hydrogens (tertiary/aromatic N) is 2. The summed E-state index contributed by atoms with van der Waals surface area (Å²) >= 11 is 12.0. The number of nitrogens with one attached hydrogen (secondary N) is 1. The van der Waals surface area contributed by atoms with Gasteiger partial charge >= 0.3 is 6.61 Å². The van der Waals surface area contributed by atoms with Crippen LogP contribution in [-0.4, -0.2) is 28.8 Å². The van der Waals surface area contributed by atoms with Crippen molar-refractivity contribution in [2.24, 2.45) is 0 Å². The Morgan fingerprint density at radius 2 is 2.00 bits per heavy atom. The van der Waals surface area contributed by atoms with Gasteiger partial charge in [-0.3, -0.25) is 9.48 Å². The molecule has 9 heteroatoms. The van der Waals surface area contributed by atoms with Gasteiger partial charge in [0.2, 0.25) is 0 Å². The van der Waals surface area contributed by atoms with E-state index in [1.54, 1.807) is 11.6 Å². The molecule has 0 bridgehead atoms. The maximum Gasteiger partial charge on any atom is 0.387 e. The minimum Gasteiger partial charge on any atom is -0.435 e. The highest BCUT2D eigenvalue weighted by Gasteiger charge is 2.11. The van der Waals surface area contributed by atoms with Gasteiger partial charge in [0.15, 0.2) is 0 Å². The number of rotatable bonds is 7. The van der Waals surface area contributed by atoms with Gasteiger partial charge in [0, 0.05) is 18.7 Å². The van der Waals surface area contributed by atoms with Gasteiger partial charge in [-0.25, -0.2) is 0 Å². The van der Waals surface area contributed by atoms with Gasteiger partial charge in [0.05, 0.1) is 5.69 Å². The number of amides is 1. The summed E-state index contributed by atoms with van der Waals surface area (Å²) in [5.41, 5.74) is 1.00. The van der Waals surface area contributed by atoms with Crippen LogP contribution in [0.2, 0.25) is 10.2 Å². The number of hydrogen-bond acceptors (Lipinski definition) is 3. The van der Waals surface area contributed by atoms with E-state index in [-0.39, 0.29) is 11.7 Å². The third-order valence-electron chi connectivity index (χ3n) is 3.17. The standard InChI is InChI=1S/C15H15Cl2F2N3O2/c1-9-12(16)13(17)22(21-9)8-2-7-20-14(23)10-3-5-11(6-4-10)24-15(18)19/h3-6,15H,2,7-8H2,1H3,(H,20,23). The molecule has 1 heterocycles. The summed E-state index contributed by atoms with van der Waals surface area (Å²) in [5, 5.41) is 7.70. The number of aromatic nitrogens is 2. The number of alkyl halides is 2. The normalized spacial score (nSPS) is 10.9. The Hall–Kier alpha value is -1.86. The Morgan fingerprint density at radius 3 is 2.54 bits per heavy atom. The average molecular weight is 378 g/mol. The van der Waals surface area contributed by atoms with E-state index in [1.807, 2.05) is 0 Å². The van der Waals surface area contributed by atoms with E-state index in [0.717, 1.165) is 0 Å². The molecule has 130 valence electrons. The van der Waals surface area contributed by atoms with Crippen molar-refractivity contribution in [1.29, 1.82) is 0 Å². The van der Waals surface area contributed by atoms with Crippen LogP contribution < -0.4 is 10.1 Å². The van der Waals surface area contributed by atoms with Crippen LogP contribution in [0.1, 0.15) is 22.5 Å². The quantitative estimate of drug-likeness (QED) is 0.743. The van der Waals surface area contributed by atoms with Crippen LogP contribution in [0.5, 0.6) is 5.75 Å². The number of ether oxygens (including phenoxy) is 1. The monoisotopic (exact) mass is 377 g/mol. The fourth-order valence-corrected chi connectivity index (χ4v) is 2.39. The molecular formula is C15H15Cl2F2N3O2. The zero-order valence-corrected chi connectivity index (χ0v) is 14.2. The summed E-state index contributed by atoms with van der Waals surface area (Å²) < 4.78 is 29.9. The molecule has 0 radical (unpaired) electrons. The van der Waals surface area contributed by atoms with Gasteiger partial charge in [0.1, 0.15) is 15.9 Å². The molecule has 0 unspecified atom stereocenters. The summed E-state index contributed by atoms with van der Waals surface area (Å²) in [6, 6.07) is 5.46. The Labute approximate surface area is 147 Å². The second-order valence-corrected chi connectivity index (χ2v) is 5.66. The topological polar surface area (TPSA) is 56.2 Å². The van der Waals surface area contributed by atoms with Gasteiger partial charge in [0.25, 0.3) is 5.91 Å². The maximum absolute atomic E-state index is 12.1. The molecule has 0 saturated heterocycles. The van der Waals surface area contributed by atoms with Crippen molar-refractivity contribution in [3.63, 3.8) is 0 Å². The second-order valence-electron chi connectivity index (χ2n) is 4.93. The summed E-state index contributed by atoms with van der Waals surface area (Å²) in [5.74, 6) is -0.304. The number of aryl methyl sites for hydroxylation is 2. The van der Waals surface area contributed by atoms with E-state index >= 15 is 0 Å². The van der Waals surface area contributed by atoms with Gasteiger partial charge in [-0.15, -0.1) is 0 Å². The van der Waals surface area contributed by atoms with E-state index in [9.17, 15) is 13.6 Å². The SMILES string of the molecule is Cc1nn(CCCNC(=O)c2ccc(OC(F)F)cc2)c(Cl)c1Cl. The average Bonchev–Trinajstić information content (AvgIpc) is 2.78. The fourth-order valence-electron chi connectivity index (χ4n) is 2.00. The molecule has 0 atom stereocenters. The third kappa shape index (κ3) is 4.82. The van der Waals surface area contributed by atoms with Gasteiger partial charge in [-0.1, -0.05) is 23.2 Å². The van der Waals surface area contributed by atoms with Crippen LogP contribution in [-0.2, 0) is 6.54 Å². The molecule has 1 aromatic carbocycles. The van der Waals surface area contributed by atoms with Crippen molar-refractivity contribution in [3.05, 3.63) is 45.7 Å². The minimum atomic E-state index is -2.89. The number of carbonyl (C=O) groups is 1. The van der Waals surface area contributed by atoms with Crippen molar-refractivity contribution in [2.75, 3.05) is 6.54 Å². The summed E-state index contributed by atoms with van der Waals surface area (Å²) in [7, 11) is 0. The molecule has 0 spiro atoms. The van der Waals surface area contributed by atoms with E-state index in [1.165, 1.54) is 24.3 Å². The van der Waals surface area contributed by atoms with Crippen LogP contribution in [0, 0.1) is 6.92 Å². The first-order valence-corrected chi connectivity index (χ1v) is 7.85. The smallest absolute Gasteiger partial charge is 0.387 e. The number of benzene rings is 1. The van der Waals surface area contributed by atoms with Crippen LogP contribution in [0.3, 0.4) is 0 Å². The molecule has 1 N–H and O–H groups in total. The molecule has 2 aromatic rings. The molecule has 1 amide bonds. The lowest BCUT2D eigenvalue weighted by Gasteiger charge is -2.07. The molecule has 0 aliphatic carbocycles. The lowest BCUT2D eigenvalue weighted by atomic mass is 10.2. The highest BCUT2D eigenvalue weighted by molar-refractivity contribution is 6.41. The largest absolute Gasteiger partial charge is 0.435 e. The first-order valence-electron chi connectivity index (χ1n) is 7.10. The van der Waals surface area contributed by atoms with Gasteiger partial charge in [-0.2, -0.15) is 13.9 Å². The molecule has 24 heavy (non-hydrogen) atoms. The Bertz CT molecular complexity index is 705. The molecule has 0 aliphatic heterocycles. The molecular weight excluding hydrogens is 363 g/mol. The Balaban J connectivity index is 1.79. The number of halogens is 4. The van der Waals surface area contributed by atoms with Crippen LogP contribution in [0.15, 0.2) is 24.3 Å². The third-order valence-corrected chi connectivity index (χ3v) is 4.10. The molecule has 5 nitrogen and oxygen atoms in total. The lowest BCUT2D eigenvalue weighted by Crippen LogP contribution is -2.25. The lowest BCUT2D eigenvalue weighted by molar-refractivity contribution is -0.0498. The Kier molecular flexibility index (Phi) is 6.39. The summed E-state index contributed by atoms with van der Waals surface area (Å²) in [6.07, 6.45) is 0.607. The first kappa shape index (κ1) is 18.5. The number of hydrogen-bond donors (Lipinski definition) is 1. The van der Waals surface area contributed by atoms with Crippen molar-refractivity contribution in [1.82, 2.24) is 15.1 Å². The van der Waals surface area contributed by atoms with Crippen molar-refractivity contribution < 1.29 is 18.3 Å². The zero-order chi connectivity index (χ0) is 17.7. The van der Waals surface area contributed by atoms with Crippen LogP contribution in [0.4, 0.5) is 8.78 Å². The van der Waals surface area contributed by atoms with Crippen LogP contribution in [0.25, 0.3) is 0 Å². The van der Waals surface area contributed by atoms with Crippen molar-refractivity contribution >= 4 is 29.1 Å². The van der Waals surface area contributed by atoms with Crippen LogP contribution >= 0.6 is 23.2 Å². The minimum absolute atomic E-state index is 0.00197. The van der Waals surface area contributed by atoms with Gasteiger partial charge < -0.3 is 10.1 Å². The predicted molar refractivity (Wildman–Crippen MR) is 87.0 cm³/mol. The van der Waals surface area contributed by atoms with Crippen molar-refractivity contribution in [2.45, 2.75) is 26.5 Å². The maximum atomic E-state index is 12.1. The molecule has 0 fully saturated rings. The molecule has 0 aliphatic rings. The van der Waals surface area contributed by atoms with Crippen molar-refractivity contribution in [3.8, 4) is 5.75 Å².